The van der Waals surface area contributed by atoms with E-state index in [-0.39, 0.29) is 11.2 Å². The summed E-state index contributed by atoms with van der Waals surface area (Å²) in [6.45, 7) is 8.46. The summed E-state index contributed by atoms with van der Waals surface area (Å²) < 4.78 is 0. The Bertz CT molecular complexity index is 399. The molecule has 0 radical (unpaired) electrons. The van der Waals surface area contributed by atoms with E-state index in [4.69, 9.17) is 9.78 Å². The van der Waals surface area contributed by atoms with Crippen LogP contribution in [0.25, 0.3) is 0 Å². The van der Waals surface area contributed by atoms with Gasteiger partial charge in [-0.25, -0.2) is 9.78 Å². The highest BCUT2D eigenvalue weighted by Crippen LogP contribution is 2.57. The van der Waals surface area contributed by atoms with E-state index in [0.29, 0.717) is 11.8 Å². The molecule has 102 valence electrons. The molecule has 1 saturated heterocycles. The van der Waals surface area contributed by atoms with Crippen LogP contribution in [0.15, 0.2) is 11.6 Å². The first-order chi connectivity index (χ1) is 8.32. The summed E-state index contributed by atoms with van der Waals surface area (Å²) in [6.07, 6.45) is 5.89. The van der Waals surface area contributed by atoms with Gasteiger partial charge in [0.2, 0.25) is 0 Å². The molecule has 1 spiro atoms. The van der Waals surface area contributed by atoms with Gasteiger partial charge in [-0.2, -0.15) is 0 Å². The maximum absolute atomic E-state index is 10.6. The van der Waals surface area contributed by atoms with Crippen LogP contribution in [0.3, 0.4) is 0 Å². The van der Waals surface area contributed by atoms with Crippen molar-refractivity contribution in [1.82, 2.24) is 0 Å². The third-order valence-corrected chi connectivity index (χ3v) is 5.49. The predicted molar refractivity (Wildman–Crippen MR) is 68.8 cm³/mol. The van der Waals surface area contributed by atoms with Crippen LogP contribution in [0.4, 0.5) is 0 Å². The fourth-order valence-electron chi connectivity index (χ4n) is 3.87. The lowest BCUT2D eigenvalue weighted by molar-refractivity contribution is -0.409. The average Bonchev–Trinajstić information content (AvgIpc) is 2.45. The van der Waals surface area contributed by atoms with Gasteiger partial charge in [0.1, 0.15) is 11.2 Å². The fraction of sp³-hybridized carbons (Fsp3) is 0.867. The number of fused-ring (bicyclic) bond motifs is 3. The molecule has 0 aromatic heterocycles. The summed E-state index contributed by atoms with van der Waals surface area (Å²) in [5.74, 6) is 0.755. The smallest absolute Gasteiger partial charge is 0.130 e. The van der Waals surface area contributed by atoms with Gasteiger partial charge in [-0.1, -0.05) is 20.8 Å². The molecular formula is C15H24O3. The van der Waals surface area contributed by atoms with Crippen molar-refractivity contribution < 1.29 is 14.9 Å². The number of hydrogen-bond acceptors (Lipinski definition) is 3. The zero-order valence-electron chi connectivity index (χ0n) is 11.8. The summed E-state index contributed by atoms with van der Waals surface area (Å²) in [5, 5.41) is 10.6. The maximum Gasteiger partial charge on any atom is 0.130 e. The van der Waals surface area contributed by atoms with E-state index in [1.807, 2.05) is 6.92 Å². The van der Waals surface area contributed by atoms with Crippen LogP contribution in [0.2, 0.25) is 0 Å². The van der Waals surface area contributed by atoms with Crippen molar-refractivity contribution in [2.75, 3.05) is 0 Å². The molecule has 2 aliphatic carbocycles. The summed E-state index contributed by atoms with van der Waals surface area (Å²) in [7, 11) is 0. The first kappa shape index (κ1) is 12.6. The van der Waals surface area contributed by atoms with Crippen LogP contribution in [-0.2, 0) is 9.78 Å². The zero-order chi connectivity index (χ0) is 13.2. The topological polar surface area (TPSA) is 38.7 Å². The van der Waals surface area contributed by atoms with Crippen molar-refractivity contribution in [1.29, 1.82) is 0 Å². The van der Waals surface area contributed by atoms with E-state index in [9.17, 15) is 5.11 Å². The van der Waals surface area contributed by atoms with Gasteiger partial charge in [0.05, 0.1) is 5.60 Å². The van der Waals surface area contributed by atoms with E-state index in [1.54, 1.807) is 0 Å². The summed E-state index contributed by atoms with van der Waals surface area (Å²) in [5.41, 5.74) is -0.390. The van der Waals surface area contributed by atoms with Crippen LogP contribution in [0.1, 0.15) is 53.4 Å². The molecular weight excluding hydrogens is 228 g/mol. The largest absolute Gasteiger partial charge is 0.386 e. The Balaban J connectivity index is 2.15. The van der Waals surface area contributed by atoms with Crippen LogP contribution in [-0.4, -0.2) is 21.9 Å². The molecule has 3 nitrogen and oxygen atoms in total. The van der Waals surface area contributed by atoms with E-state index in [1.165, 1.54) is 0 Å². The molecule has 0 aromatic rings. The van der Waals surface area contributed by atoms with Crippen molar-refractivity contribution in [3.05, 3.63) is 11.6 Å². The third kappa shape index (κ3) is 1.41. The monoisotopic (exact) mass is 252 g/mol. The third-order valence-electron chi connectivity index (χ3n) is 5.49. The lowest BCUT2D eigenvalue weighted by Gasteiger charge is -2.43. The number of aliphatic hydroxyl groups is 1. The van der Waals surface area contributed by atoms with E-state index < -0.39 is 5.60 Å². The number of rotatable bonds is 1. The van der Waals surface area contributed by atoms with Gasteiger partial charge in [-0.05, 0) is 56.1 Å². The molecule has 4 rings (SSSR count). The van der Waals surface area contributed by atoms with Gasteiger partial charge in [0.15, 0.2) is 0 Å². The van der Waals surface area contributed by atoms with E-state index >= 15 is 0 Å². The second-order valence-corrected chi connectivity index (χ2v) is 6.94. The van der Waals surface area contributed by atoms with Gasteiger partial charge in [0.25, 0.3) is 0 Å². The zero-order valence-corrected chi connectivity index (χ0v) is 11.8. The molecule has 4 aliphatic rings. The van der Waals surface area contributed by atoms with Gasteiger partial charge in [-0.3, -0.25) is 0 Å². The fourth-order valence-corrected chi connectivity index (χ4v) is 3.87. The first-order valence-corrected chi connectivity index (χ1v) is 7.15. The maximum atomic E-state index is 10.6. The molecule has 0 aromatic carbocycles. The minimum Gasteiger partial charge on any atom is -0.386 e. The Morgan fingerprint density at radius 2 is 2.00 bits per heavy atom. The number of hydrogen-bond donors (Lipinski definition) is 1. The summed E-state index contributed by atoms with van der Waals surface area (Å²) in [6, 6.07) is 0. The van der Waals surface area contributed by atoms with Gasteiger partial charge in [0, 0.05) is 0 Å². The van der Waals surface area contributed by atoms with E-state index in [2.05, 4.69) is 26.8 Å². The summed E-state index contributed by atoms with van der Waals surface area (Å²) >= 11 is 0. The highest BCUT2D eigenvalue weighted by atomic mass is 17.2. The van der Waals surface area contributed by atoms with Gasteiger partial charge >= 0.3 is 0 Å². The van der Waals surface area contributed by atoms with Crippen LogP contribution >= 0.6 is 0 Å². The lowest BCUT2D eigenvalue weighted by Crippen LogP contribution is -2.48. The Morgan fingerprint density at radius 1 is 1.28 bits per heavy atom. The van der Waals surface area contributed by atoms with Crippen LogP contribution in [0, 0.1) is 11.8 Å². The second kappa shape index (κ2) is 3.59. The molecule has 1 saturated carbocycles. The van der Waals surface area contributed by atoms with Crippen LogP contribution < -0.4 is 0 Å². The van der Waals surface area contributed by atoms with Gasteiger partial charge < -0.3 is 5.11 Å². The highest BCUT2D eigenvalue weighted by Gasteiger charge is 2.61. The first-order valence-electron chi connectivity index (χ1n) is 7.15. The van der Waals surface area contributed by atoms with Gasteiger partial charge in [-0.15, -0.1) is 0 Å². The minimum atomic E-state index is -0.734. The van der Waals surface area contributed by atoms with Crippen molar-refractivity contribution in [2.45, 2.75) is 70.2 Å². The van der Waals surface area contributed by atoms with Crippen molar-refractivity contribution in [2.24, 2.45) is 11.8 Å². The normalized spacial score (nSPS) is 51.2. The summed E-state index contributed by atoms with van der Waals surface area (Å²) in [4.78, 5) is 11.7. The Kier molecular flexibility index (Phi) is 2.52. The highest BCUT2D eigenvalue weighted by molar-refractivity contribution is 5.38. The quantitative estimate of drug-likeness (QED) is 0.576. The Morgan fingerprint density at radius 3 is 2.67 bits per heavy atom. The lowest BCUT2D eigenvalue weighted by atomic mass is 9.80. The molecule has 3 heteroatoms. The van der Waals surface area contributed by atoms with Crippen molar-refractivity contribution in [3.8, 4) is 0 Å². The Labute approximate surface area is 109 Å². The van der Waals surface area contributed by atoms with Crippen molar-refractivity contribution >= 4 is 0 Å². The molecule has 4 atom stereocenters. The molecule has 0 unspecified atom stereocenters. The standard InChI is InChI=1S/C15H24O3/c1-10(2)14-6-5-11(3)15(18-17-14)8-7-13(4,16)12(15)9-14/h9-11,16H,5-8H2,1-4H3/t11-,13-,14-,15+/m1/s1. The molecule has 2 heterocycles. The molecule has 1 N–H and O–H groups in total. The average molecular weight is 252 g/mol. The van der Waals surface area contributed by atoms with E-state index in [0.717, 1.165) is 31.3 Å². The predicted octanol–water partition coefficient (Wildman–Crippen LogP) is 2.98. The molecule has 18 heavy (non-hydrogen) atoms. The molecule has 0 amide bonds. The Hall–Kier alpha value is -0.380. The van der Waals surface area contributed by atoms with Crippen LogP contribution in [0.5, 0.6) is 0 Å². The molecule has 2 fully saturated rings. The molecule has 2 aliphatic heterocycles. The van der Waals surface area contributed by atoms with Crippen molar-refractivity contribution in [3.63, 3.8) is 0 Å². The minimum absolute atomic E-state index is 0.349. The molecule has 2 bridgehead atoms. The second-order valence-electron chi connectivity index (χ2n) is 6.94. The SMILES string of the molecule is CC(C)[C@@]12C=C3[C@](C)(O)CC[C@]3(OO1)[C@H](C)CC2.